The van der Waals surface area contributed by atoms with Gasteiger partial charge in [-0.05, 0) is 78.9 Å². The molecule has 0 aliphatic carbocycles. The fourth-order valence-electron chi connectivity index (χ4n) is 9.07. The van der Waals surface area contributed by atoms with Crippen LogP contribution in [0.25, 0.3) is 82.5 Å². The number of benzene rings is 8. The Balaban J connectivity index is 1.22. The number of anilines is 3. The van der Waals surface area contributed by atoms with Crippen LogP contribution in [0.3, 0.4) is 0 Å². The summed E-state index contributed by atoms with van der Waals surface area (Å²) in [4.78, 5) is 2.42. The van der Waals surface area contributed by atoms with Crippen molar-refractivity contribution in [2.45, 2.75) is 0 Å². The van der Waals surface area contributed by atoms with Gasteiger partial charge in [0.1, 0.15) is 0 Å². The smallest absolute Gasteiger partial charge is 0.0784 e. The van der Waals surface area contributed by atoms with Gasteiger partial charge in [0.05, 0.1) is 50.2 Å². The van der Waals surface area contributed by atoms with Gasteiger partial charge in [-0.2, -0.15) is 0 Å². The van der Waals surface area contributed by atoms with Crippen LogP contribution in [-0.2, 0) is 0 Å². The van der Waals surface area contributed by atoms with Crippen LogP contribution in [0.2, 0.25) is 0 Å². The Kier molecular flexibility index (Phi) is 5.47. The van der Waals surface area contributed by atoms with Crippen molar-refractivity contribution < 1.29 is 0 Å². The Morgan fingerprint density at radius 3 is 1.63 bits per heavy atom. The highest BCUT2D eigenvalue weighted by Crippen LogP contribution is 2.51. The molecule has 1 aliphatic heterocycles. The third-order valence-corrected chi connectivity index (χ3v) is 11.1. The molecule has 1 aliphatic rings. The van der Waals surface area contributed by atoms with Gasteiger partial charge >= 0.3 is 0 Å². The van der Waals surface area contributed by atoms with E-state index in [2.05, 4.69) is 201 Å². The minimum atomic E-state index is 1.15. The standard InChI is InChI=1S/C48H30N4/c1-3-14-31(15-4-1)49-39-21-9-8-19-35(39)38-30-33(26-28-41(38)49)51-40-22-10-7-18-34(40)36-27-29-44-46(48(36)51)37-20-13-25-45-47(37)52(44)43-24-12-11-23-42(43)50(45)32-16-5-2-6-17-32/h1-30H. The lowest BCUT2D eigenvalue weighted by molar-refractivity contribution is 1.11. The molecule has 4 heteroatoms. The number of nitrogens with zero attached hydrogens (tertiary/aromatic N) is 4. The third kappa shape index (κ3) is 3.55. The fourth-order valence-corrected chi connectivity index (χ4v) is 9.07. The van der Waals surface area contributed by atoms with E-state index < -0.39 is 0 Å². The molecule has 52 heavy (non-hydrogen) atoms. The highest BCUT2D eigenvalue weighted by Gasteiger charge is 2.30. The van der Waals surface area contributed by atoms with Crippen LogP contribution < -0.4 is 4.90 Å². The van der Waals surface area contributed by atoms with Gasteiger partial charge in [0, 0.05) is 49.4 Å². The van der Waals surface area contributed by atoms with Crippen LogP contribution in [0.15, 0.2) is 182 Å². The Hall–Kier alpha value is -7.04. The molecule has 11 aromatic rings. The average Bonchev–Trinajstić information content (AvgIpc) is 3.85. The molecule has 12 rings (SSSR count). The SMILES string of the molecule is c1ccc(N2c3ccccc3-n3c4ccc5c6ccccc6n(-c6ccc7c(c6)c6ccccc6n7-c6ccccc6)c5c4c4cccc2c43)cc1. The number of fused-ring (bicyclic) bond motifs is 12. The molecule has 242 valence electrons. The summed E-state index contributed by atoms with van der Waals surface area (Å²) in [5.74, 6) is 0. The summed E-state index contributed by atoms with van der Waals surface area (Å²) >= 11 is 0. The zero-order chi connectivity index (χ0) is 33.9. The van der Waals surface area contributed by atoms with Gasteiger partial charge in [-0.25, -0.2) is 0 Å². The van der Waals surface area contributed by atoms with E-state index in [0.29, 0.717) is 0 Å². The Morgan fingerprint density at radius 2 is 0.846 bits per heavy atom. The number of hydrogen-bond donors (Lipinski definition) is 0. The van der Waals surface area contributed by atoms with Crippen molar-refractivity contribution in [2.24, 2.45) is 0 Å². The first-order chi connectivity index (χ1) is 25.8. The molecule has 0 N–H and O–H groups in total. The number of aromatic nitrogens is 3. The number of hydrogen-bond acceptors (Lipinski definition) is 1. The second-order valence-corrected chi connectivity index (χ2v) is 13.8. The van der Waals surface area contributed by atoms with Crippen molar-refractivity contribution in [1.82, 2.24) is 13.7 Å². The third-order valence-electron chi connectivity index (χ3n) is 11.1. The molecular formula is C48H30N4. The van der Waals surface area contributed by atoms with E-state index in [1.165, 1.54) is 88.2 Å². The van der Waals surface area contributed by atoms with Crippen LogP contribution in [0.5, 0.6) is 0 Å². The Labute approximate surface area is 299 Å². The summed E-state index contributed by atoms with van der Waals surface area (Å²) in [6.07, 6.45) is 0. The quantitative estimate of drug-likeness (QED) is 0.184. The van der Waals surface area contributed by atoms with Crippen LogP contribution >= 0.6 is 0 Å². The largest absolute Gasteiger partial charge is 0.309 e. The van der Waals surface area contributed by atoms with Crippen molar-refractivity contribution in [3.8, 4) is 17.1 Å². The summed E-state index contributed by atoms with van der Waals surface area (Å²) in [7, 11) is 0. The minimum Gasteiger partial charge on any atom is -0.309 e. The van der Waals surface area contributed by atoms with Crippen molar-refractivity contribution in [3.63, 3.8) is 0 Å². The minimum absolute atomic E-state index is 1.15. The second kappa shape index (κ2) is 10.3. The lowest BCUT2D eigenvalue weighted by Crippen LogP contribution is -2.17. The van der Waals surface area contributed by atoms with E-state index in [4.69, 9.17) is 0 Å². The molecule has 0 saturated heterocycles. The molecule has 3 aromatic heterocycles. The van der Waals surface area contributed by atoms with Gasteiger partial charge in [0.15, 0.2) is 0 Å². The van der Waals surface area contributed by atoms with Gasteiger partial charge < -0.3 is 18.6 Å². The van der Waals surface area contributed by atoms with Crippen LogP contribution in [-0.4, -0.2) is 13.7 Å². The van der Waals surface area contributed by atoms with Crippen molar-refractivity contribution in [2.75, 3.05) is 4.90 Å². The van der Waals surface area contributed by atoms with Crippen LogP contribution in [0.4, 0.5) is 17.1 Å². The maximum absolute atomic E-state index is 2.51. The Bertz CT molecular complexity index is 3230. The molecular weight excluding hydrogens is 633 g/mol. The zero-order valence-corrected chi connectivity index (χ0v) is 28.1. The Morgan fingerprint density at radius 1 is 0.269 bits per heavy atom. The molecule has 0 atom stereocenters. The van der Waals surface area contributed by atoms with E-state index in [-0.39, 0.29) is 0 Å². The van der Waals surface area contributed by atoms with Gasteiger partial charge in [-0.3, -0.25) is 0 Å². The summed E-state index contributed by atoms with van der Waals surface area (Å²) < 4.78 is 7.39. The van der Waals surface area contributed by atoms with E-state index in [1.807, 2.05) is 0 Å². The summed E-state index contributed by atoms with van der Waals surface area (Å²) in [6.45, 7) is 0. The molecule has 0 bridgehead atoms. The van der Waals surface area contributed by atoms with Gasteiger partial charge in [-0.1, -0.05) is 103 Å². The van der Waals surface area contributed by atoms with E-state index in [1.54, 1.807) is 0 Å². The van der Waals surface area contributed by atoms with Crippen molar-refractivity contribution >= 4 is 82.5 Å². The summed E-state index contributed by atoms with van der Waals surface area (Å²) in [5.41, 5.74) is 14.3. The average molecular weight is 663 g/mol. The highest BCUT2D eigenvalue weighted by molar-refractivity contribution is 6.28. The topological polar surface area (TPSA) is 18.0 Å². The monoisotopic (exact) mass is 662 g/mol. The molecule has 8 aromatic carbocycles. The van der Waals surface area contributed by atoms with E-state index in [0.717, 1.165) is 11.4 Å². The molecule has 0 saturated carbocycles. The second-order valence-electron chi connectivity index (χ2n) is 13.8. The van der Waals surface area contributed by atoms with Crippen LogP contribution in [0.1, 0.15) is 0 Å². The van der Waals surface area contributed by atoms with Crippen molar-refractivity contribution in [3.05, 3.63) is 182 Å². The predicted molar refractivity (Wildman–Crippen MR) is 218 cm³/mol. The highest BCUT2D eigenvalue weighted by atomic mass is 15.2. The first-order valence-electron chi connectivity index (χ1n) is 17.9. The molecule has 0 unspecified atom stereocenters. The lowest BCUT2D eigenvalue weighted by atomic mass is 10.1. The molecule has 4 nitrogen and oxygen atoms in total. The molecule has 4 heterocycles. The zero-order valence-electron chi connectivity index (χ0n) is 28.1. The van der Waals surface area contributed by atoms with Gasteiger partial charge in [-0.15, -0.1) is 0 Å². The lowest BCUT2D eigenvalue weighted by Gasteiger charge is -2.33. The van der Waals surface area contributed by atoms with Crippen LogP contribution in [0, 0.1) is 0 Å². The first-order valence-corrected chi connectivity index (χ1v) is 17.9. The summed E-state index contributed by atoms with van der Waals surface area (Å²) in [5, 5.41) is 7.52. The van der Waals surface area contributed by atoms with Gasteiger partial charge in [0.2, 0.25) is 0 Å². The molecule has 0 amide bonds. The number of para-hydroxylation sites is 7. The normalized spacial score (nSPS) is 12.6. The van der Waals surface area contributed by atoms with E-state index in [9.17, 15) is 0 Å². The number of rotatable bonds is 3. The molecule has 0 fully saturated rings. The van der Waals surface area contributed by atoms with E-state index >= 15 is 0 Å². The molecule has 0 spiro atoms. The van der Waals surface area contributed by atoms with Gasteiger partial charge in [0.25, 0.3) is 0 Å². The predicted octanol–water partition coefficient (Wildman–Crippen LogP) is 12.8. The maximum Gasteiger partial charge on any atom is 0.0784 e. The van der Waals surface area contributed by atoms with Crippen molar-refractivity contribution in [1.29, 1.82) is 0 Å². The summed E-state index contributed by atoms with van der Waals surface area (Å²) in [6, 6.07) is 66.4. The maximum atomic E-state index is 2.51. The first kappa shape index (κ1) is 27.7. The molecule has 0 radical (unpaired) electrons. The fraction of sp³-hybridized carbons (Fsp3) is 0.